The highest BCUT2D eigenvalue weighted by atomic mass is 16.4. The van der Waals surface area contributed by atoms with Gasteiger partial charge in [0.2, 0.25) is 0 Å². The van der Waals surface area contributed by atoms with Crippen molar-refractivity contribution < 1.29 is 9.90 Å². The van der Waals surface area contributed by atoms with E-state index in [1.54, 1.807) is 0 Å². The highest BCUT2D eigenvalue weighted by Gasteiger charge is 2.19. The van der Waals surface area contributed by atoms with E-state index < -0.39 is 5.97 Å². The maximum absolute atomic E-state index is 10.9. The summed E-state index contributed by atoms with van der Waals surface area (Å²) in [5, 5.41) is 10.1. The molecule has 1 atom stereocenters. The molecule has 2 aromatic rings. The summed E-state index contributed by atoms with van der Waals surface area (Å²) in [6.07, 6.45) is 5.23. The SMILES string of the molecule is O=C(O)CC1CCCN(Cc2cccc3cccnc23)CC1. The number of hydrogen-bond acceptors (Lipinski definition) is 3. The van der Waals surface area contributed by atoms with Crippen LogP contribution in [0.15, 0.2) is 36.5 Å². The molecule has 1 aromatic carbocycles. The molecule has 1 aromatic heterocycles. The summed E-state index contributed by atoms with van der Waals surface area (Å²) >= 11 is 0. The first-order valence-corrected chi connectivity index (χ1v) is 7.99. The summed E-state index contributed by atoms with van der Waals surface area (Å²) in [4.78, 5) is 17.8. The maximum atomic E-state index is 10.9. The number of benzene rings is 1. The van der Waals surface area contributed by atoms with Crippen molar-refractivity contribution in [3.63, 3.8) is 0 Å². The van der Waals surface area contributed by atoms with Gasteiger partial charge in [0.25, 0.3) is 0 Å². The molecule has 0 saturated carbocycles. The fourth-order valence-electron chi connectivity index (χ4n) is 3.37. The molecule has 4 nitrogen and oxygen atoms in total. The molecule has 22 heavy (non-hydrogen) atoms. The third kappa shape index (κ3) is 3.63. The molecule has 0 radical (unpaired) electrons. The van der Waals surface area contributed by atoms with Gasteiger partial charge in [-0.15, -0.1) is 0 Å². The molecule has 0 spiro atoms. The van der Waals surface area contributed by atoms with E-state index in [4.69, 9.17) is 5.11 Å². The van der Waals surface area contributed by atoms with Gasteiger partial charge in [-0.1, -0.05) is 24.3 Å². The molecule has 0 amide bonds. The number of aromatic nitrogens is 1. The first kappa shape index (κ1) is 15.0. The number of carboxylic acids is 1. The van der Waals surface area contributed by atoms with Gasteiger partial charge in [-0.25, -0.2) is 0 Å². The van der Waals surface area contributed by atoms with Crippen molar-refractivity contribution in [1.82, 2.24) is 9.88 Å². The van der Waals surface area contributed by atoms with Crippen LogP contribution in [-0.4, -0.2) is 34.0 Å². The standard InChI is InChI=1S/C18H22N2O2/c21-17(22)12-14-4-3-10-20(11-8-14)13-16-6-1-5-15-7-2-9-19-18(15)16/h1-2,5-7,9,14H,3-4,8,10-13H2,(H,21,22). The van der Waals surface area contributed by atoms with Crippen LogP contribution in [-0.2, 0) is 11.3 Å². The highest BCUT2D eigenvalue weighted by molar-refractivity contribution is 5.81. The third-order valence-corrected chi connectivity index (χ3v) is 4.51. The first-order valence-electron chi connectivity index (χ1n) is 7.99. The van der Waals surface area contributed by atoms with E-state index in [0.717, 1.165) is 44.4 Å². The van der Waals surface area contributed by atoms with Gasteiger partial charge in [-0.2, -0.15) is 0 Å². The molecule has 0 bridgehead atoms. The first-order chi connectivity index (χ1) is 10.7. The minimum absolute atomic E-state index is 0.309. The van der Waals surface area contributed by atoms with Gasteiger partial charge in [-0.3, -0.25) is 14.7 Å². The second-order valence-electron chi connectivity index (χ2n) is 6.16. The number of nitrogens with zero attached hydrogens (tertiary/aromatic N) is 2. The fraction of sp³-hybridized carbons (Fsp3) is 0.444. The van der Waals surface area contributed by atoms with Crippen molar-refractivity contribution in [2.24, 2.45) is 5.92 Å². The number of fused-ring (bicyclic) bond motifs is 1. The number of carbonyl (C=O) groups is 1. The van der Waals surface area contributed by atoms with Gasteiger partial charge in [0.15, 0.2) is 0 Å². The van der Waals surface area contributed by atoms with Crippen LogP contribution in [0.5, 0.6) is 0 Å². The second kappa shape index (κ2) is 6.88. The van der Waals surface area contributed by atoms with E-state index in [1.807, 2.05) is 12.3 Å². The van der Waals surface area contributed by atoms with Gasteiger partial charge < -0.3 is 5.11 Å². The second-order valence-corrected chi connectivity index (χ2v) is 6.16. The molecule has 1 fully saturated rings. The lowest BCUT2D eigenvalue weighted by atomic mass is 9.97. The maximum Gasteiger partial charge on any atom is 0.303 e. The van der Waals surface area contributed by atoms with Crippen LogP contribution in [0, 0.1) is 5.92 Å². The van der Waals surface area contributed by atoms with E-state index in [0.29, 0.717) is 12.3 Å². The Labute approximate surface area is 130 Å². The number of para-hydroxylation sites is 1. The Kier molecular flexibility index (Phi) is 4.68. The van der Waals surface area contributed by atoms with Gasteiger partial charge in [0.1, 0.15) is 0 Å². The molecule has 1 saturated heterocycles. The molecule has 116 valence electrons. The summed E-state index contributed by atoms with van der Waals surface area (Å²) in [5.74, 6) is -0.343. The number of pyridine rings is 1. The molecular weight excluding hydrogens is 276 g/mol. The average molecular weight is 298 g/mol. The van der Waals surface area contributed by atoms with Crippen LogP contribution in [0.25, 0.3) is 10.9 Å². The summed E-state index contributed by atoms with van der Waals surface area (Å²) in [6.45, 7) is 2.91. The van der Waals surface area contributed by atoms with Crippen LogP contribution in [0.3, 0.4) is 0 Å². The Bertz CT molecular complexity index is 651. The van der Waals surface area contributed by atoms with E-state index in [1.165, 1.54) is 10.9 Å². The molecule has 0 aliphatic carbocycles. The van der Waals surface area contributed by atoms with Gasteiger partial charge >= 0.3 is 5.97 Å². The Hall–Kier alpha value is -1.94. The zero-order valence-electron chi connectivity index (χ0n) is 12.7. The van der Waals surface area contributed by atoms with Gasteiger partial charge in [0.05, 0.1) is 5.52 Å². The molecular formula is C18H22N2O2. The highest BCUT2D eigenvalue weighted by Crippen LogP contribution is 2.23. The van der Waals surface area contributed by atoms with E-state index in [2.05, 4.69) is 34.1 Å². The van der Waals surface area contributed by atoms with Crippen molar-refractivity contribution in [1.29, 1.82) is 0 Å². The number of likely N-dealkylation sites (tertiary alicyclic amines) is 1. The van der Waals surface area contributed by atoms with Crippen LogP contribution in [0.2, 0.25) is 0 Å². The molecule has 2 heterocycles. The van der Waals surface area contributed by atoms with Crippen LogP contribution >= 0.6 is 0 Å². The zero-order chi connectivity index (χ0) is 15.4. The van der Waals surface area contributed by atoms with Crippen LogP contribution < -0.4 is 0 Å². The molecule has 3 rings (SSSR count). The topological polar surface area (TPSA) is 53.4 Å². The van der Waals surface area contributed by atoms with Crippen LogP contribution in [0.1, 0.15) is 31.2 Å². The third-order valence-electron chi connectivity index (χ3n) is 4.51. The largest absolute Gasteiger partial charge is 0.481 e. The molecule has 1 aliphatic heterocycles. The molecule has 1 N–H and O–H groups in total. The predicted octanol–water partition coefficient (Wildman–Crippen LogP) is 3.31. The number of hydrogen-bond donors (Lipinski definition) is 1. The van der Waals surface area contributed by atoms with Crippen molar-refractivity contribution in [3.05, 3.63) is 42.1 Å². The summed E-state index contributed by atoms with van der Waals surface area (Å²) in [5.41, 5.74) is 2.34. The lowest BCUT2D eigenvalue weighted by molar-refractivity contribution is -0.138. The van der Waals surface area contributed by atoms with E-state index >= 15 is 0 Å². The lowest BCUT2D eigenvalue weighted by Crippen LogP contribution is -2.24. The van der Waals surface area contributed by atoms with Gasteiger partial charge in [0, 0.05) is 24.5 Å². The summed E-state index contributed by atoms with van der Waals surface area (Å²) < 4.78 is 0. The van der Waals surface area contributed by atoms with Crippen molar-refractivity contribution in [2.45, 2.75) is 32.2 Å². The minimum Gasteiger partial charge on any atom is -0.481 e. The van der Waals surface area contributed by atoms with Crippen molar-refractivity contribution in [2.75, 3.05) is 13.1 Å². The lowest BCUT2D eigenvalue weighted by Gasteiger charge is -2.20. The predicted molar refractivity (Wildman–Crippen MR) is 86.6 cm³/mol. The number of rotatable bonds is 4. The Morgan fingerprint density at radius 2 is 2.09 bits per heavy atom. The molecule has 1 unspecified atom stereocenters. The Balaban J connectivity index is 1.69. The number of carboxylic acid groups (broad SMARTS) is 1. The van der Waals surface area contributed by atoms with Gasteiger partial charge in [-0.05, 0) is 49.9 Å². The Morgan fingerprint density at radius 1 is 1.23 bits per heavy atom. The monoisotopic (exact) mass is 298 g/mol. The van der Waals surface area contributed by atoms with Crippen LogP contribution in [0.4, 0.5) is 0 Å². The van der Waals surface area contributed by atoms with E-state index in [9.17, 15) is 4.79 Å². The average Bonchev–Trinajstić information content (AvgIpc) is 2.73. The molecule has 1 aliphatic rings. The summed E-state index contributed by atoms with van der Waals surface area (Å²) in [6, 6.07) is 10.4. The minimum atomic E-state index is -0.670. The van der Waals surface area contributed by atoms with Crippen molar-refractivity contribution >= 4 is 16.9 Å². The molecule has 4 heteroatoms. The summed E-state index contributed by atoms with van der Waals surface area (Å²) in [7, 11) is 0. The van der Waals surface area contributed by atoms with E-state index in [-0.39, 0.29) is 0 Å². The smallest absolute Gasteiger partial charge is 0.303 e. The Morgan fingerprint density at radius 3 is 2.95 bits per heavy atom. The quantitative estimate of drug-likeness (QED) is 0.941. The fourth-order valence-corrected chi connectivity index (χ4v) is 3.37. The van der Waals surface area contributed by atoms with Crippen molar-refractivity contribution in [3.8, 4) is 0 Å². The zero-order valence-corrected chi connectivity index (χ0v) is 12.7. The normalized spacial score (nSPS) is 19.9. The number of aliphatic carboxylic acids is 1.